The minimum atomic E-state index is -0.476. The van der Waals surface area contributed by atoms with E-state index in [9.17, 15) is 9.59 Å². The zero-order chi connectivity index (χ0) is 20.8. The largest absolute Gasteiger partial charge is 0.456 e. The second kappa shape index (κ2) is 9.19. The van der Waals surface area contributed by atoms with E-state index in [0.29, 0.717) is 18.1 Å². The van der Waals surface area contributed by atoms with Gasteiger partial charge in [0.1, 0.15) is 0 Å². The van der Waals surface area contributed by atoms with Gasteiger partial charge in [-0.25, -0.2) is 4.98 Å². The quantitative estimate of drug-likeness (QED) is 0.604. The van der Waals surface area contributed by atoms with Crippen molar-refractivity contribution in [1.82, 2.24) is 4.98 Å². The van der Waals surface area contributed by atoms with E-state index in [4.69, 9.17) is 9.15 Å². The summed E-state index contributed by atoms with van der Waals surface area (Å²) in [5.74, 6) is 0.264. The number of nitrogens with one attached hydrogen (secondary N) is 1. The van der Waals surface area contributed by atoms with Crippen LogP contribution in [-0.4, -0.2) is 23.5 Å². The van der Waals surface area contributed by atoms with Crippen molar-refractivity contribution in [2.75, 3.05) is 11.9 Å². The molecule has 2 aromatic carbocycles. The summed E-state index contributed by atoms with van der Waals surface area (Å²) in [5.41, 5.74) is 4.88. The van der Waals surface area contributed by atoms with Crippen molar-refractivity contribution in [1.29, 1.82) is 0 Å². The van der Waals surface area contributed by atoms with Crippen molar-refractivity contribution in [3.8, 4) is 11.3 Å². The van der Waals surface area contributed by atoms with Crippen LogP contribution in [0.1, 0.15) is 29.0 Å². The Balaban J connectivity index is 1.45. The number of amides is 1. The molecular formula is C23H24N2O4. The molecule has 0 radical (unpaired) electrons. The molecule has 29 heavy (non-hydrogen) atoms. The average molecular weight is 392 g/mol. The number of aromatic nitrogens is 1. The summed E-state index contributed by atoms with van der Waals surface area (Å²) in [6.07, 6.45) is 2.04. The number of carbonyl (C=O) groups excluding carboxylic acids is 2. The maximum Gasteiger partial charge on any atom is 0.306 e. The number of ether oxygens (including phenoxy) is 1. The summed E-state index contributed by atoms with van der Waals surface area (Å²) < 4.78 is 10.7. The summed E-state index contributed by atoms with van der Waals surface area (Å²) in [4.78, 5) is 28.2. The lowest BCUT2D eigenvalue weighted by Gasteiger charge is -2.10. The van der Waals surface area contributed by atoms with Gasteiger partial charge in [-0.3, -0.25) is 9.59 Å². The first-order valence-electron chi connectivity index (χ1n) is 9.46. The molecule has 0 spiro atoms. The van der Waals surface area contributed by atoms with Gasteiger partial charge in [-0.1, -0.05) is 42.0 Å². The molecule has 0 atom stereocenters. The number of esters is 1. The lowest BCUT2D eigenvalue weighted by Crippen LogP contribution is -2.21. The molecule has 0 saturated heterocycles. The second-order valence-corrected chi connectivity index (χ2v) is 6.94. The molecule has 0 aliphatic heterocycles. The molecule has 0 aliphatic rings. The van der Waals surface area contributed by atoms with Crippen LogP contribution in [0.5, 0.6) is 0 Å². The minimum absolute atomic E-state index is 0.0879. The van der Waals surface area contributed by atoms with Gasteiger partial charge >= 0.3 is 5.97 Å². The standard InChI is InChI=1S/C23H24N2O4/c1-15-7-9-18(10-8-15)20-13-24-22(29-20)11-12-23(27)28-14-21(26)25-19-6-4-5-16(2)17(19)3/h4-10,13H,11-12,14H2,1-3H3,(H,25,26). The Morgan fingerprint density at radius 1 is 1.07 bits per heavy atom. The van der Waals surface area contributed by atoms with Gasteiger partial charge in [-0.2, -0.15) is 0 Å². The molecule has 6 nitrogen and oxygen atoms in total. The first-order chi connectivity index (χ1) is 13.9. The van der Waals surface area contributed by atoms with E-state index in [1.165, 1.54) is 0 Å². The molecule has 150 valence electrons. The third kappa shape index (κ3) is 5.54. The van der Waals surface area contributed by atoms with Crippen molar-refractivity contribution in [2.45, 2.75) is 33.6 Å². The fourth-order valence-electron chi connectivity index (χ4n) is 2.78. The predicted octanol–water partition coefficient (Wildman–Crippen LogP) is 4.38. The lowest BCUT2D eigenvalue weighted by atomic mass is 10.1. The Morgan fingerprint density at radius 3 is 2.59 bits per heavy atom. The number of hydrogen-bond acceptors (Lipinski definition) is 5. The van der Waals surface area contributed by atoms with Crippen LogP contribution in [-0.2, 0) is 20.7 Å². The molecule has 1 amide bonds. The van der Waals surface area contributed by atoms with Crippen LogP contribution in [0.3, 0.4) is 0 Å². The summed E-state index contributed by atoms with van der Waals surface area (Å²) >= 11 is 0. The molecule has 0 aliphatic carbocycles. The van der Waals surface area contributed by atoms with Crippen molar-refractivity contribution in [3.05, 3.63) is 71.2 Å². The molecule has 1 aromatic heterocycles. The normalized spacial score (nSPS) is 10.6. The Bertz CT molecular complexity index is 1010. The molecule has 1 heterocycles. The van der Waals surface area contributed by atoms with Crippen LogP contribution in [0.15, 0.2) is 53.1 Å². The smallest absolute Gasteiger partial charge is 0.306 e. The van der Waals surface area contributed by atoms with Crippen LogP contribution in [0.25, 0.3) is 11.3 Å². The molecule has 0 bridgehead atoms. The third-order valence-electron chi connectivity index (χ3n) is 4.68. The molecular weight excluding hydrogens is 368 g/mol. The third-order valence-corrected chi connectivity index (χ3v) is 4.68. The zero-order valence-electron chi connectivity index (χ0n) is 16.8. The number of nitrogens with zero attached hydrogens (tertiary/aromatic N) is 1. The summed E-state index contributed by atoms with van der Waals surface area (Å²) in [7, 11) is 0. The van der Waals surface area contributed by atoms with Gasteiger partial charge in [-0.15, -0.1) is 0 Å². The van der Waals surface area contributed by atoms with Crippen LogP contribution in [0, 0.1) is 20.8 Å². The van der Waals surface area contributed by atoms with Gasteiger partial charge in [0.15, 0.2) is 18.3 Å². The monoisotopic (exact) mass is 392 g/mol. The van der Waals surface area contributed by atoms with Gasteiger partial charge in [0.05, 0.1) is 12.6 Å². The number of aryl methyl sites for hydroxylation is 3. The van der Waals surface area contributed by atoms with Gasteiger partial charge < -0.3 is 14.5 Å². The molecule has 0 saturated carbocycles. The number of anilines is 1. The fraction of sp³-hybridized carbons (Fsp3) is 0.261. The highest BCUT2D eigenvalue weighted by Gasteiger charge is 2.12. The number of rotatable bonds is 7. The molecule has 0 unspecified atom stereocenters. The van der Waals surface area contributed by atoms with Crippen LogP contribution in [0.4, 0.5) is 5.69 Å². The Morgan fingerprint density at radius 2 is 1.83 bits per heavy atom. The molecule has 0 fully saturated rings. The van der Waals surface area contributed by atoms with Crippen LogP contribution in [0.2, 0.25) is 0 Å². The van der Waals surface area contributed by atoms with Gasteiger partial charge in [0, 0.05) is 17.7 Å². The Hall–Kier alpha value is -3.41. The maximum absolute atomic E-state index is 12.0. The van der Waals surface area contributed by atoms with Gasteiger partial charge in [0.2, 0.25) is 0 Å². The molecule has 1 N–H and O–H groups in total. The molecule has 6 heteroatoms. The predicted molar refractivity (Wildman–Crippen MR) is 111 cm³/mol. The molecule has 3 aromatic rings. The summed E-state index contributed by atoms with van der Waals surface area (Å²) in [6, 6.07) is 13.6. The summed E-state index contributed by atoms with van der Waals surface area (Å²) in [6.45, 7) is 5.59. The lowest BCUT2D eigenvalue weighted by molar-refractivity contribution is -0.147. The van der Waals surface area contributed by atoms with Crippen LogP contribution >= 0.6 is 0 Å². The van der Waals surface area contributed by atoms with Crippen LogP contribution < -0.4 is 5.32 Å². The number of oxazole rings is 1. The first-order valence-corrected chi connectivity index (χ1v) is 9.46. The van der Waals surface area contributed by atoms with E-state index in [1.807, 2.05) is 63.2 Å². The maximum atomic E-state index is 12.0. The Labute approximate surface area is 169 Å². The summed E-state index contributed by atoms with van der Waals surface area (Å²) in [5, 5.41) is 2.76. The average Bonchev–Trinajstić information content (AvgIpc) is 3.18. The van der Waals surface area contributed by atoms with E-state index in [-0.39, 0.29) is 18.9 Å². The number of hydrogen-bond donors (Lipinski definition) is 1. The first kappa shape index (κ1) is 20.3. The zero-order valence-corrected chi connectivity index (χ0v) is 16.8. The highest BCUT2D eigenvalue weighted by Crippen LogP contribution is 2.21. The van der Waals surface area contributed by atoms with Crippen molar-refractivity contribution < 1.29 is 18.7 Å². The van der Waals surface area contributed by atoms with Crippen molar-refractivity contribution in [2.24, 2.45) is 0 Å². The highest BCUT2D eigenvalue weighted by atomic mass is 16.5. The topological polar surface area (TPSA) is 81.4 Å². The van der Waals surface area contributed by atoms with Crippen molar-refractivity contribution in [3.63, 3.8) is 0 Å². The van der Waals surface area contributed by atoms with E-state index < -0.39 is 5.97 Å². The number of carbonyl (C=O) groups is 2. The van der Waals surface area contributed by atoms with E-state index in [0.717, 1.165) is 27.9 Å². The van der Waals surface area contributed by atoms with E-state index in [1.54, 1.807) is 6.20 Å². The second-order valence-electron chi connectivity index (χ2n) is 6.94. The van der Waals surface area contributed by atoms with Gasteiger partial charge in [0.25, 0.3) is 5.91 Å². The van der Waals surface area contributed by atoms with E-state index >= 15 is 0 Å². The Kier molecular flexibility index (Phi) is 6.44. The minimum Gasteiger partial charge on any atom is -0.456 e. The molecule has 3 rings (SSSR count). The van der Waals surface area contributed by atoms with E-state index in [2.05, 4.69) is 10.3 Å². The fourth-order valence-corrected chi connectivity index (χ4v) is 2.78. The SMILES string of the molecule is Cc1ccc(-c2cnc(CCC(=O)OCC(=O)Nc3cccc(C)c3C)o2)cc1. The van der Waals surface area contributed by atoms with Crippen molar-refractivity contribution >= 4 is 17.6 Å². The number of benzene rings is 2. The van der Waals surface area contributed by atoms with Gasteiger partial charge in [-0.05, 0) is 38.0 Å². The highest BCUT2D eigenvalue weighted by molar-refractivity contribution is 5.93.